The fourth-order valence-corrected chi connectivity index (χ4v) is 2.21. The lowest BCUT2D eigenvalue weighted by molar-refractivity contribution is -0.117. The second-order valence-electron chi connectivity index (χ2n) is 4.63. The van der Waals surface area contributed by atoms with Gasteiger partial charge in [0, 0.05) is 5.92 Å². The van der Waals surface area contributed by atoms with Crippen molar-refractivity contribution in [2.75, 3.05) is 5.32 Å². The number of hydrogen-bond acceptors (Lipinski definition) is 3. The molecule has 0 bridgehead atoms. The van der Waals surface area contributed by atoms with E-state index in [0.29, 0.717) is 17.4 Å². The van der Waals surface area contributed by atoms with Crippen LogP contribution < -0.4 is 5.32 Å². The number of nitrogens with zero attached hydrogens (tertiary/aromatic N) is 1. The van der Waals surface area contributed by atoms with Crippen LogP contribution in [0.15, 0.2) is 10.7 Å². The van der Waals surface area contributed by atoms with Gasteiger partial charge >= 0.3 is 0 Å². The molecule has 2 aliphatic carbocycles. The fraction of sp³-hybridized carbons (Fsp3) is 0.636. The van der Waals surface area contributed by atoms with Crippen molar-refractivity contribution in [2.24, 2.45) is 17.8 Å². The van der Waals surface area contributed by atoms with Crippen LogP contribution in [0.2, 0.25) is 0 Å². The molecule has 1 N–H and O–H groups in total. The molecule has 0 aromatic carbocycles. The summed E-state index contributed by atoms with van der Waals surface area (Å²) in [4.78, 5) is 11.8. The second kappa shape index (κ2) is 3.08. The summed E-state index contributed by atoms with van der Waals surface area (Å²) in [6.07, 6.45) is 5.27. The maximum absolute atomic E-state index is 11.8. The Hall–Kier alpha value is -1.32. The molecule has 2 atom stereocenters. The molecule has 0 spiro atoms. The highest BCUT2D eigenvalue weighted by atomic mass is 16.5. The van der Waals surface area contributed by atoms with Crippen LogP contribution in [0.1, 0.15) is 25.0 Å². The Morgan fingerprint density at radius 2 is 2.40 bits per heavy atom. The first kappa shape index (κ1) is 8.95. The molecule has 2 unspecified atom stereocenters. The molecule has 3 rings (SSSR count). The molecule has 1 amide bonds. The number of aryl methyl sites for hydroxylation is 1. The van der Waals surface area contributed by atoms with Gasteiger partial charge in [0.15, 0.2) is 5.76 Å². The number of carbonyl (C=O) groups excluding carboxylic acids is 1. The van der Waals surface area contributed by atoms with Gasteiger partial charge in [0.05, 0.1) is 6.20 Å². The summed E-state index contributed by atoms with van der Waals surface area (Å²) in [5.74, 6) is 2.55. The van der Waals surface area contributed by atoms with Crippen LogP contribution in [0.25, 0.3) is 0 Å². The number of rotatable bonds is 3. The van der Waals surface area contributed by atoms with E-state index in [1.54, 1.807) is 13.1 Å². The Morgan fingerprint density at radius 3 is 3.00 bits per heavy atom. The van der Waals surface area contributed by atoms with Crippen LogP contribution in [-0.2, 0) is 4.79 Å². The molecule has 4 heteroatoms. The minimum absolute atomic E-state index is 0.137. The van der Waals surface area contributed by atoms with Gasteiger partial charge in [0.2, 0.25) is 5.91 Å². The predicted molar refractivity (Wildman–Crippen MR) is 54.2 cm³/mol. The Bertz CT molecular complexity index is 395. The van der Waals surface area contributed by atoms with Crippen molar-refractivity contribution in [1.29, 1.82) is 0 Å². The standard InChI is InChI=1S/C11H14N2O2/c1-6-10(5-12-15-6)13-11(14)9-4-8(9)7-2-3-7/h5,7-9H,2-4H2,1H3,(H,13,14). The summed E-state index contributed by atoms with van der Waals surface area (Å²) < 4.78 is 4.89. The summed E-state index contributed by atoms with van der Waals surface area (Å²) in [5, 5.41) is 6.50. The van der Waals surface area contributed by atoms with Gasteiger partial charge in [-0.05, 0) is 38.0 Å². The number of anilines is 1. The molecule has 80 valence electrons. The smallest absolute Gasteiger partial charge is 0.227 e. The first-order valence-electron chi connectivity index (χ1n) is 5.48. The third kappa shape index (κ3) is 1.64. The third-order valence-electron chi connectivity index (χ3n) is 3.41. The third-order valence-corrected chi connectivity index (χ3v) is 3.41. The maximum Gasteiger partial charge on any atom is 0.227 e. The molecule has 1 aromatic heterocycles. The van der Waals surface area contributed by atoms with Crippen LogP contribution in [0.5, 0.6) is 0 Å². The number of nitrogens with one attached hydrogen (secondary N) is 1. The van der Waals surface area contributed by atoms with Crippen LogP contribution in [0.3, 0.4) is 0 Å². The molecular weight excluding hydrogens is 192 g/mol. The average molecular weight is 206 g/mol. The van der Waals surface area contributed by atoms with E-state index in [1.807, 2.05) is 0 Å². The molecule has 1 heterocycles. The van der Waals surface area contributed by atoms with Gasteiger partial charge in [-0.2, -0.15) is 0 Å². The summed E-state index contributed by atoms with van der Waals surface area (Å²) >= 11 is 0. The quantitative estimate of drug-likeness (QED) is 0.822. The van der Waals surface area contributed by atoms with Crippen LogP contribution >= 0.6 is 0 Å². The highest BCUT2D eigenvalue weighted by Gasteiger charge is 2.51. The lowest BCUT2D eigenvalue weighted by Gasteiger charge is -2.01. The van der Waals surface area contributed by atoms with Crippen LogP contribution in [0.4, 0.5) is 5.69 Å². The molecule has 0 radical (unpaired) electrons. The highest BCUT2D eigenvalue weighted by molar-refractivity contribution is 5.94. The number of aromatic nitrogens is 1. The van der Waals surface area contributed by atoms with Gasteiger partial charge in [-0.25, -0.2) is 0 Å². The van der Waals surface area contributed by atoms with E-state index in [2.05, 4.69) is 10.5 Å². The highest BCUT2D eigenvalue weighted by Crippen LogP contribution is 2.54. The van der Waals surface area contributed by atoms with Gasteiger partial charge in [0.1, 0.15) is 5.69 Å². The van der Waals surface area contributed by atoms with Crippen molar-refractivity contribution in [3.63, 3.8) is 0 Å². The Labute approximate surface area is 88.0 Å². The van der Waals surface area contributed by atoms with E-state index in [9.17, 15) is 4.79 Å². The molecule has 4 nitrogen and oxygen atoms in total. The monoisotopic (exact) mass is 206 g/mol. The van der Waals surface area contributed by atoms with Crippen molar-refractivity contribution in [3.05, 3.63) is 12.0 Å². The first-order valence-corrected chi connectivity index (χ1v) is 5.48. The zero-order chi connectivity index (χ0) is 10.4. The van der Waals surface area contributed by atoms with Crippen LogP contribution in [-0.4, -0.2) is 11.1 Å². The summed E-state index contributed by atoms with van der Waals surface area (Å²) in [6, 6.07) is 0. The molecule has 2 aliphatic rings. The van der Waals surface area contributed by atoms with Crippen molar-refractivity contribution in [2.45, 2.75) is 26.2 Å². The van der Waals surface area contributed by atoms with Crippen molar-refractivity contribution in [3.8, 4) is 0 Å². The largest absolute Gasteiger partial charge is 0.359 e. The normalized spacial score (nSPS) is 28.9. The molecule has 0 aliphatic heterocycles. The van der Waals surface area contributed by atoms with Gasteiger partial charge < -0.3 is 9.84 Å². The minimum atomic E-state index is 0.137. The lowest BCUT2D eigenvalue weighted by atomic mass is 10.2. The number of amides is 1. The van der Waals surface area contributed by atoms with Crippen molar-refractivity contribution < 1.29 is 9.32 Å². The second-order valence-corrected chi connectivity index (χ2v) is 4.63. The van der Waals surface area contributed by atoms with Crippen LogP contribution in [0, 0.1) is 24.7 Å². The molecular formula is C11H14N2O2. The predicted octanol–water partition coefficient (Wildman–Crippen LogP) is 1.97. The Kier molecular flexibility index (Phi) is 1.84. The Morgan fingerprint density at radius 1 is 1.60 bits per heavy atom. The minimum Gasteiger partial charge on any atom is -0.359 e. The first-order chi connectivity index (χ1) is 7.25. The summed E-state index contributed by atoms with van der Waals surface area (Å²) in [6.45, 7) is 1.80. The maximum atomic E-state index is 11.8. The lowest BCUT2D eigenvalue weighted by Crippen LogP contribution is -2.15. The van der Waals surface area contributed by atoms with E-state index < -0.39 is 0 Å². The summed E-state index contributed by atoms with van der Waals surface area (Å²) in [5.41, 5.74) is 0.710. The Balaban J connectivity index is 1.60. The van der Waals surface area contributed by atoms with E-state index >= 15 is 0 Å². The van der Waals surface area contributed by atoms with Crippen molar-refractivity contribution >= 4 is 11.6 Å². The average Bonchev–Trinajstić information content (AvgIpc) is 3.08. The SMILES string of the molecule is Cc1oncc1NC(=O)C1CC1C1CC1. The number of carbonyl (C=O) groups is 1. The zero-order valence-electron chi connectivity index (χ0n) is 8.69. The molecule has 0 saturated heterocycles. The van der Waals surface area contributed by atoms with E-state index in [-0.39, 0.29) is 11.8 Å². The molecule has 15 heavy (non-hydrogen) atoms. The zero-order valence-corrected chi connectivity index (χ0v) is 8.69. The topological polar surface area (TPSA) is 55.1 Å². The number of hydrogen-bond donors (Lipinski definition) is 1. The van der Waals surface area contributed by atoms with E-state index in [0.717, 1.165) is 12.3 Å². The van der Waals surface area contributed by atoms with Gasteiger partial charge in [-0.3, -0.25) is 4.79 Å². The van der Waals surface area contributed by atoms with Gasteiger partial charge in [0.25, 0.3) is 0 Å². The molecule has 2 saturated carbocycles. The van der Waals surface area contributed by atoms with Gasteiger partial charge in [-0.1, -0.05) is 5.16 Å². The molecule has 2 fully saturated rings. The van der Waals surface area contributed by atoms with E-state index in [1.165, 1.54) is 12.8 Å². The fourth-order valence-electron chi connectivity index (χ4n) is 2.21. The summed E-state index contributed by atoms with van der Waals surface area (Å²) in [7, 11) is 0. The van der Waals surface area contributed by atoms with Crippen molar-refractivity contribution in [1.82, 2.24) is 5.16 Å². The molecule has 1 aromatic rings. The van der Waals surface area contributed by atoms with Gasteiger partial charge in [-0.15, -0.1) is 0 Å². The van der Waals surface area contributed by atoms with E-state index in [4.69, 9.17) is 4.52 Å².